The first-order valence-corrected chi connectivity index (χ1v) is 15.5. The molecule has 0 radical (unpaired) electrons. The molecule has 0 bridgehead atoms. The van der Waals surface area contributed by atoms with Gasteiger partial charge >= 0.3 is 6.09 Å². The predicted molar refractivity (Wildman–Crippen MR) is 172 cm³/mol. The number of carbonyl (C=O) groups is 3. The fraction of sp³-hybridized carbons (Fsp3) is 0.353. The number of nitrogens with zero attached hydrogens (tertiary/aromatic N) is 4. The SMILES string of the molecule is NC(=O)c1ccc(C2CCN(C(=O)/C=C/CN3CCN(CCNC(=O)O)CC3)CC2)nc1Oc1ccc(Oc2ccccc2)cc1. The van der Waals surface area contributed by atoms with Gasteiger partial charge in [0.2, 0.25) is 11.8 Å². The van der Waals surface area contributed by atoms with Crippen LogP contribution in [0.5, 0.6) is 23.1 Å². The van der Waals surface area contributed by atoms with Gasteiger partial charge in [-0.2, -0.15) is 0 Å². The van der Waals surface area contributed by atoms with Crippen LogP contribution in [-0.4, -0.2) is 102 Å². The highest BCUT2D eigenvalue weighted by molar-refractivity contribution is 5.95. The summed E-state index contributed by atoms with van der Waals surface area (Å²) >= 11 is 0. The minimum absolute atomic E-state index is 0.00224. The van der Waals surface area contributed by atoms with E-state index in [-0.39, 0.29) is 23.3 Å². The highest BCUT2D eigenvalue weighted by atomic mass is 16.5. The van der Waals surface area contributed by atoms with Gasteiger partial charge in [0.25, 0.3) is 5.91 Å². The third kappa shape index (κ3) is 9.29. The standard InChI is InChI=1S/C34H40N6O6/c35-32(42)29-12-13-30(37-33(29)46-28-10-8-27(9-11-28)45-26-5-2-1-3-6-26)25-14-18-40(19-15-25)31(41)7-4-17-38-21-23-39(24-22-38)20-16-36-34(43)44/h1-13,25,36H,14-24H2,(H2,35,42)(H,43,44)/b7-4+. The minimum Gasteiger partial charge on any atom is -0.465 e. The van der Waals surface area contributed by atoms with Gasteiger partial charge in [-0.05, 0) is 61.4 Å². The molecule has 3 aromatic rings. The van der Waals surface area contributed by atoms with Gasteiger partial charge in [-0.15, -0.1) is 0 Å². The van der Waals surface area contributed by atoms with Gasteiger partial charge in [-0.1, -0.05) is 24.3 Å². The van der Waals surface area contributed by atoms with Gasteiger partial charge in [0.05, 0.1) is 0 Å². The van der Waals surface area contributed by atoms with Gasteiger partial charge < -0.3 is 30.5 Å². The van der Waals surface area contributed by atoms with E-state index in [1.807, 2.05) is 47.4 Å². The zero-order chi connectivity index (χ0) is 32.3. The number of para-hydroxylation sites is 1. The second kappa shape index (κ2) is 15.9. The van der Waals surface area contributed by atoms with E-state index in [1.165, 1.54) is 0 Å². The molecule has 46 heavy (non-hydrogen) atoms. The first-order valence-electron chi connectivity index (χ1n) is 15.5. The van der Waals surface area contributed by atoms with E-state index in [2.05, 4.69) is 15.1 Å². The van der Waals surface area contributed by atoms with Gasteiger partial charge in [0.1, 0.15) is 22.8 Å². The third-order valence-electron chi connectivity index (χ3n) is 8.18. The summed E-state index contributed by atoms with van der Waals surface area (Å²) in [4.78, 5) is 46.7. The summed E-state index contributed by atoms with van der Waals surface area (Å²) in [6.07, 6.45) is 4.06. The number of piperazine rings is 1. The number of carbonyl (C=O) groups excluding carboxylic acids is 2. The first kappa shape index (κ1) is 32.5. The van der Waals surface area contributed by atoms with E-state index in [0.717, 1.165) is 50.5 Å². The Morgan fingerprint density at radius 3 is 2.13 bits per heavy atom. The van der Waals surface area contributed by atoms with Crippen molar-refractivity contribution in [3.63, 3.8) is 0 Å². The van der Waals surface area contributed by atoms with Gasteiger partial charge in [0, 0.05) is 76.6 Å². The molecule has 12 heteroatoms. The summed E-state index contributed by atoms with van der Waals surface area (Å²) in [6.45, 7) is 6.51. The smallest absolute Gasteiger partial charge is 0.404 e. The van der Waals surface area contributed by atoms with E-state index in [9.17, 15) is 14.4 Å². The van der Waals surface area contributed by atoms with Gasteiger partial charge in [-0.25, -0.2) is 9.78 Å². The average Bonchev–Trinajstić information content (AvgIpc) is 3.06. The Morgan fingerprint density at radius 1 is 0.848 bits per heavy atom. The second-order valence-corrected chi connectivity index (χ2v) is 11.3. The Bertz CT molecular complexity index is 1500. The molecule has 2 aliphatic heterocycles. The van der Waals surface area contributed by atoms with Crippen LogP contribution in [0.4, 0.5) is 4.79 Å². The Balaban J connectivity index is 1.10. The molecule has 12 nitrogen and oxygen atoms in total. The van der Waals surface area contributed by atoms with E-state index >= 15 is 0 Å². The van der Waals surface area contributed by atoms with E-state index in [0.29, 0.717) is 44.2 Å². The number of aromatic nitrogens is 1. The maximum Gasteiger partial charge on any atom is 0.404 e. The molecule has 0 aliphatic carbocycles. The number of ether oxygens (including phenoxy) is 2. The Labute approximate surface area is 268 Å². The number of hydrogen-bond donors (Lipinski definition) is 3. The summed E-state index contributed by atoms with van der Waals surface area (Å²) in [6, 6.07) is 20.0. The summed E-state index contributed by atoms with van der Waals surface area (Å²) in [5.41, 5.74) is 6.62. The van der Waals surface area contributed by atoms with Crippen molar-refractivity contribution in [2.45, 2.75) is 18.8 Å². The average molecular weight is 629 g/mol. The van der Waals surface area contributed by atoms with Crippen molar-refractivity contribution in [2.24, 2.45) is 5.73 Å². The maximum atomic E-state index is 12.9. The zero-order valence-electron chi connectivity index (χ0n) is 25.7. The Hall–Kier alpha value is -4.94. The van der Waals surface area contributed by atoms with Crippen molar-refractivity contribution in [3.8, 4) is 23.1 Å². The molecule has 0 atom stereocenters. The van der Waals surface area contributed by atoms with Gasteiger partial charge in [-0.3, -0.25) is 19.4 Å². The lowest BCUT2D eigenvalue weighted by Gasteiger charge is -2.34. The molecule has 0 spiro atoms. The van der Waals surface area contributed by atoms with Crippen LogP contribution >= 0.6 is 0 Å². The molecule has 2 aromatic carbocycles. The summed E-state index contributed by atoms with van der Waals surface area (Å²) in [5.74, 6) is 1.50. The molecule has 242 valence electrons. The van der Waals surface area contributed by atoms with Crippen LogP contribution in [0.25, 0.3) is 0 Å². The topological polar surface area (TPSA) is 151 Å². The molecule has 1 aromatic heterocycles. The minimum atomic E-state index is -0.999. The highest BCUT2D eigenvalue weighted by Gasteiger charge is 2.25. The normalized spacial score (nSPS) is 16.3. The van der Waals surface area contributed by atoms with Crippen LogP contribution in [0.15, 0.2) is 78.9 Å². The van der Waals surface area contributed by atoms with Crippen molar-refractivity contribution in [1.82, 2.24) is 25.0 Å². The number of amides is 3. The van der Waals surface area contributed by atoms with Crippen LogP contribution in [0.3, 0.4) is 0 Å². The molecular formula is C34H40N6O6. The van der Waals surface area contributed by atoms with Crippen LogP contribution in [-0.2, 0) is 4.79 Å². The lowest BCUT2D eigenvalue weighted by molar-refractivity contribution is -0.127. The fourth-order valence-corrected chi connectivity index (χ4v) is 5.58. The van der Waals surface area contributed by atoms with E-state index < -0.39 is 12.0 Å². The molecule has 5 rings (SSSR count). The number of primary amides is 1. The fourth-order valence-electron chi connectivity index (χ4n) is 5.58. The molecule has 0 saturated carbocycles. The lowest BCUT2D eigenvalue weighted by Crippen LogP contribution is -2.48. The van der Waals surface area contributed by atoms with Crippen molar-refractivity contribution < 1.29 is 29.0 Å². The Morgan fingerprint density at radius 2 is 1.48 bits per heavy atom. The number of nitrogens with two attached hydrogens (primary N) is 1. The predicted octanol–water partition coefficient (Wildman–Crippen LogP) is 3.91. The third-order valence-corrected chi connectivity index (χ3v) is 8.18. The van der Waals surface area contributed by atoms with Crippen LogP contribution in [0.2, 0.25) is 0 Å². The van der Waals surface area contributed by atoms with Crippen LogP contribution in [0, 0.1) is 0 Å². The number of hydrogen-bond acceptors (Lipinski definition) is 8. The Kier molecular flexibility index (Phi) is 11.2. The van der Waals surface area contributed by atoms with Crippen molar-refractivity contribution in [2.75, 3.05) is 58.9 Å². The van der Waals surface area contributed by atoms with Crippen molar-refractivity contribution in [1.29, 1.82) is 0 Å². The largest absolute Gasteiger partial charge is 0.465 e. The van der Waals surface area contributed by atoms with Crippen molar-refractivity contribution in [3.05, 3.63) is 90.1 Å². The molecule has 3 heterocycles. The number of piperidine rings is 1. The first-order chi connectivity index (χ1) is 22.3. The zero-order valence-corrected chi connectivity index (χ0v) is 25.7. The monoisotopic (exact) mass is 628 g/mol. The van der Waals surface area contributed by atoms with E-state index in [4.69, 9.17) is 25.3 Å². The molecule has 3 amide bonds. The number of nitrogens with one attached hydrogen (secondary N) is 1. The summed E-state index contributed by atoms with van der Waals surface area (Å²) in [7, 11) is 0. The van der Waals surface area contributed by atoms with Crippen LogP contribution < -0.4 is 20.5 Å². The quantitative estimate of drug-likeness (QED) is 0.254. The number of carboxylic acid groups (broad SMARTS) is 1. The summed E-state index contributed by atoms with van der Waals surface area (Å²) < 4.78 is 11.9. The number of rotatable bonds is 12. The van der Waals surface area contributed by atoms with Crippen LogP contribution in [0.1, 0.15) is 34.8 Å². The second-order valence-electron chi connectivity index (χ2n) is 11.3. The number of benzene rings is 2. The van der Waals surface area contributed by atoms with Gasteiger partial charge in [0.15, 0.2) is 0 Å². The molecule has 4 N–H and O–H groups in total. The number of pyridine rings is 1. The molecular weight excluding hydrogens is 588 g/mol. The molecule has 2 fully saturated rings. The molecule has 0 unspecified atom stereocenters. The maximum absolute atomic E-state index is 12.9. The van der Waals surface area contributed by atoms with Crippen molar-refractivity contribution >= 4 is 17.9 Å². The summed E-state index contributed by atoms with van der Waals surface area (Å²) in [5, 5.41) is 11.1. The number of likely N-dealkylation sites (tertiary alicyclic amines) is 1. The highest BCUT2D eigenvalue weighted by Crippen LogP contribution is 2.32. The van der Waals surface area contributed by atoms with E-state index in [1.54, 1.807) is 36.4 Å². The molecule has 2 aliphatic rings. The lowest BCUT2D eigenvalue weighted by atomic mass is 9.92. The molecule has 2 saturated heterocycles.